The van der Waals surface area contributed by atoms with E-state index in [2.05, 4.69) is 9.97 Å². The van der Waals surface area contributed by atoms with Crippen molar-refractivity contribution >= 4 is 17.0 Å². The molecule has 88 valence electrons. The summed E-state index contributed by atoms with van der Waals surface area (Å²) in [7, 11) is 0. The normalized spacial score (nSPS) is 10.7. The third kappa shape index (κ3) is 1.64. The molecule has 0 aliphatic carbocycles. The number of fused-ring (bicyclic) bond motifs is 1. The van der Waals surface area contributed by atoms with Crippen LogP contribution in [0.4, 0.5) is 0 Å². The molecule has 0 bridgehead atoms. The molecule has 3 aromatic rings. The molecule has 1 aromatic carbocycles. The van der Waals surface area contributed by atoms with E-state index in [1.54, 1.807) is 12.3 Å². The Bertz CT molecular complexity index is 717. The first-order valence-corrected chi connectivity index (χ1v) is 5.52. The zero-order chi connectivity index (χ0) is 12.5. The van der Waals surface area contributed by atoms with Gasteiger partial charge in [-0.25, -0.2) is 9.78 Å². The molecule has 2 N–H and O–H groups in total. The first kappa shape index (κ1) is 10.5. The van der Waals surface area contributed by atoms with Crippen LogP contribution in [0.1, 0.15) is 10.5 Å². The van der Waals surface area contributed by atoms with Crippen molar-refractivity contribution in [1.29, 1.82) is 0 Å². The molecule has 0 aliphatic heterocycles. The predicted octanol–water partition coefficient (Wildman–Crippen LogP) is 2.93. The molecule has 0 spiro atoms. The quantitative estimate of drug-likeness (QED) is 0.721. The molecule has 0 unspecified atom stereocenters. The Kier molecular flexibility index (Phi) is 2.34. The van der Waals surface area contributed by atoms with E-state index in [4.69, 9.17) is 5.11 Å². The van der Waals surface area contributed by atoms with E-state index in [0.717, 1.165) is 16.5 Å². The van der Waals surface area contributed by atoms with Gasteiger partial charge in [-0.2, -0.15) is 0 Å². The number of carboxylic acid groups (broad SMARTS) is 1. The highest BCUT2D eigenvalue weighted by molar-refractivity contribution is 5.98. The third-order valence-corrected chi connectivity index (χ3v) is 2.83. The van der Waals surface area contributed by atoms with E-state index in [9.17, 15) is 4.79 Å². The van der Waals surface area contributed by atoms with Gasteiger partial charge in [-0.1, -0.05) is 30.3 Å². The van der Waals surface area contributed by atoms with Crippen LogP contribution >= 0.6 is 0 Å². The Morgan fingerprint density at radius 1 is 1.17 bits per heavy atom. The Morgan fingerprint density at radius 3 is 2.67 bits per heavy atom. The van der Waals surface area contributed by atoms with Crippen molar-refractivity contribution in [2.75, 3.05) is 0 Å². The van der Waals surface area contributed by atoms with Crippen molar-refractivity contribution in [3.63, 3.8) is 0 Å². The summed E-state index contributed by atoms with van der Waals surface area (Å²) < 4.78 is 0. The third-order valence-electron chi connectivity index (χ3n) is 2.83. The van der Waals surface area contributed by atoms with E-state index in [1.807, 2.05) is 36.4 Å². The van der Waals surface area contributed by atoms with Gasteiger partial charge in [0, 0.05) is 11.6 Å². The number of aromatic nitrogens is 2. The summed E-state index contributed by atoms with van der Waals surface area (Å²) in [6, 6.07) is 13.2. The number of hydrogen-bond donors (Lipinski definition) is 2. The van der Waals surface area contributed by atoms with Gasteiger partial charge < -0.3 is 10.1 Å². The highest BCUT2D eigenvalue weighted by atomic mass is 16.4. The van der Waals surface area contributed by atoms with Gasteiger partial charge >= 0.3 is 5.97 Å². The molecule has 2 heterocycles. The second-order valence-electron chi connectivity index (χ2n) is 3.97. The monoisotopic (exact) mass is 238 g/mol. The summed E-state index contributed by atoms with van der Waals surface area (Å²) in [5, 5.41) is 10.00. The molecule has 0 fully saturated rings. The minimum absolute atomic E-state index is 0.0452. The van der Waals surface area contributed by atoms with Crippen molar-refractivity contribution in [2.24, 2.45) is 0 Å². The largest absolute Gasteiger partial charge is 0.477 e. The summed E-state index contributed by atoms with van der Waals surface area (Å²) in [6.45, 7) is 0. The number of aromatic carboxylic acids is 1. The first-order chi connectivity index (χ1) is 8.75. The Balaban J connectivity index is 2.33. The number of H-pyrrole nitrogens is 1. The molecule has 0 saturated carbocycles. The van der Waals surface area contributed by atoms with Crippen LogP contribution in [0, 0.1) is 0 Å². The highest BCUT2D eigenvalue weighted by Gasteiger charge is 2.12. The molecule has 3 rings (SSSR count). The van der Waals surface area contributed by atoms with Gasteiger partial charge in [0.2, 0.25) is 0 Å². The molecule has 18 heavy (non-hydrogen) atoms. The van der Waals surface area contributed by atoms with Gasteiger partial charge in [-0.05, 0) is 23.3 Å². The SMILES string of the molecule is O=C(O)c1cc(-c2ccccc2)c2cc[nH]c2n1. The molecule has 0 saturated heterocycles. The smallest absolute Gasteiger partial charge is 0.354 e. The maximum absolute atomic E-state index is 11.1. The number of pyridine rings is 1. The Hall–Kier alpha value is -2.62. The molecule has 4 heteroatoms. The van der Waals surface area contributed by atoms with Gasteiger partial charge in [0.1, 0.15) is 5.65 Å². The highest BCUT2D eigenvalue weighted by Crippen LogP contribution is 2.27. The molecular formula is C14H10N2O2. The van der Waals surface area contributed by atoms with Gasteiger partial charge in [0.15, 0.2) is 5.69 Å². The van der Waals surface area contributed by atoms with Crippen LogP contribution in [0.25, 0.3) is 22.2 Å². The second kappa shape index (κ2) is 4.00. The van der Waals surface area contributed by atoms with Crippen molar-refractivity contribution in [1.82, 2.24) is 9.97 Å². The van der Waals surface area contributed by atoms with E-state index in [-0.39, 0.29) is 5.69 Å². The number of carbonyl (C=O) groups is 1. The lowest BCUT2D eigenvalue weighted by Crippen LogP contribution is -2.01. The fourth-order valence-corrected chi connectivity index (χ4v) is 2.00. The summed E-state index contributed by atoms with van der Waals surface area (Å²) in [5.74, 6) is -1.02. The lowest BCUT2D eigenvalue weighted by molar-refractivity contribution is 0.0691. The Labute approximate surface area is 103 Å². The number of benzene rings is 1. The van der Waals surface area contributed by atoms with Gasteiger partial charge in [-0.15, -0.1) is 0 Å². The lowest BCUT2D eigenvalue weighted by atomic mass is 10.0. The van der Waals surface area contributed by atoms with Crippen LogP contribution < -0.4 is 0 Å². The molecular weight excluding hydrogens is 228 g/mol. The molecule has 4 nitrogen and oxygen atoms in total. The topological polar surface area (TPSA) is 66.0 Å². The van der Waals surface area contributed by atoms with Crippen LogP contribution in [0.3, 0.4) is 0 Å². The number of hydrogen-bond acceptors (Lipinski definition) is 2. The number of nitrogens with one attached hydrogen (secondary N) is 1. The number of rotatable bonds is 2. The van der Waals surface area contributed by atoms with Crippen molar-refractivity contribution in [2.45, 2.75) is 0 Å². The number of nitrogens with zero attached hydrogens (tertiary/aromatic N) is 1. The first-order valence-electron chi connectivity index (χ1n) is 5.52. The summed E-state index contributed by atoms with van der Waals surface area (Å²) in [4.78, 5) is 18.1. The van der Waals surface area contributed by atoms with Gasteiger partial charge in [0.25, 0.3) is 0 Å². The number of aromatic amines is 1. The molecule has 0 amide bonds. The second-order valence-corrected chi connectivity index (χ2v) is 3.97. The van der Waals surface area contributed by atoms with Crippen LogP contribution in [0.2, 0.25) is 0 Å². The van der Waals surface area contributed by atoms with Crippen LogP contribution in [-0.4, -0.2) is 21.0 Å². The summed E-state index contributed by atoms with van der Waals surface area (Å²) in [6.07, 6.45) is 1.76. The van der Waals surface area contributed by atoms with Crippen LogP contribution in [0.15, 0.2) is 48.7 Å². The molecule has 0 radical (unpaired) electrons. The van der Waals surface area contributed by atoms with Crippen molar-refractivity contribution in [3.05, 3.63) is 54.4 Å². The maximum Gasteiger partial charge on any atom is 0.354 e. The maximum atomic E-state index is 11.1. The predicted molar refractivity (Wildman–Crippen MR) is 68.5 cm³/mol. The molecule has 0 atom stereocenters. The zero-order valence-corrected chi connectivity index (χ0v) is 9.42. The minimum Gasteiger partial charge on any atom is -0.477 e. The van der Waals surface area contributed by atoms with E-state index < -0.39 is 5.97 Å². The summed E-state index contributed by atoms with van der Waals surface area (Å²) in [5.41, 5.74) is 2.49. The average Bonchev–Trinajstić information content (AvgIpc) is 2.86. The molecule has 0 aliphatic rings. The Morgan fingerprint density at radius 2 is 1.94 bits per heavy atom. The zero-order valence-electron chi connectivity index (χ0n) is 9.42. The van der Waals surface area contributed by atoms with Gasteiger partial charge in [-0.3, -0.25) is 0 Å². The van der Waals surface area contributed by atoms with Gasteiger partial charge in [0.05, 0.1) is 0 Å². The molecule has 2 aromatic heterocycles. The fraction of sp³-hybridized carbons (Fsp3) is 0. The van der Waals surface area contributed by atoms with Crippen molar-refractivity contribution in [3.8, 4) is 11.1 Å². The lowest BCUT2D eigenvalue weighted by Gasteiger charge is -2.05. The van der Waals surface area contributed by atoms with E-state index in [0.29, 0.717) is 5.65 Å². The van der Waals surface area contributed by atoms with Crippen LogP contribution in [0.5, 0.6) is 0 Å². The van der Waals surface area contributed by atoms with E-state index in [1.165, 1.54) is 0 Å². The average molecular weight is 238 g/mol. The fourth-order valence-electron chi connectivity index (χ4n) is 2.00. The van der Waals surface area contributed by atoms with E-state index >= 15 is 0 Å². The number of carboxylic acids is 1. The summed E-state index contributed by atoms with van der Waals surface area (Å²) >= 11 is 0. The standard InChI is InChI=1S/C14H10N2O2/c17-14(18)12-8-11(9-4-2-1-3-5-9)10-6-7-15-13(10)16-12/h1-8H,(H,15,16)(H,17,18). The van der Waals surface area contributed by atoms with Crippen LogP contribution in [-0.2, 0) is 0 Å². The minimum atomic E-state index is -1.02. The van der Waals surface area contributed by atoms with Crippen molar-refractivity contribution < 1.29 is 9.90 Å².